The minimum atomic E-state index is -1.39. The van der Waals surface area contributed by atoms with E-state index in [0.29, 0.717) is 0 Å². The van der Waals surface area contributed by atoms with Crippen LogP contribution in [0.3, 0.4) is 0 Å². The Kier molecular flexibility index (Phi) is 2.49. The standard InChI is InChI=1S/C12H18FNO3/c1-10(2,3)17-9(16)14-6-11(8-15)4-12(13,5-11)7-14/h8H,4-7H2,1-3H3. The van der Waals surface area contributed by atoms with E-state index < -0.39 is 22.8 Å². The summed E-state index contributed by atoms with van der Waals surface area (Å²) in [5.74, 6) is 0. The molecule has 5 heteroatoms. The monoisotopic (exact) mass is 243 g/mol. The van der Waals surface area contributed by atoms with Crippen LogP contribution in [0.2, 0.25) is 0 Å². The summed E-state index contributed by atoms with van der Waals surface area (Å²) in [5.41, 5.74) is -2.67. The van der Waals surface area contributed by atoms with Gasteiger partial charge in [0.15, 0.2) is 0 Å². The van der Waals surface area contributed by atoms with Crippen molar-refractivity contribution >= 4 is 12.4 Å². The third-order valence-corrected chi connectivity index (χ3v) is 3.22. The molecule has 2 heterocycles. The molecule has 3 rings (SSSR count). The Balaban J connectivity index is 2.04. The normalized spacial score (nSPS) is 36.1. The number of hydrogen-bond acceptors (Lipinski definition) is 3. The molecule has 2 aliphatic heterocycles. The van der Waals surface area contributed by atoms with E-state index in [0.717, 1.165) is 6.29 Å². The molecule has 3 fully saturated rings. The van der Waals surface area contributed by atoms with Crippen LogP contribution in [0.15, 0.2) is 0 Å². The number of piperidine rings is 2. The van der Waals surface area contributed by atoms with Crippen LogP contribution in [-0.2, 0) is 9.53 Å². The molecule has 0 aromatic carbocycles. The molecule has 0 N–H and O–H groups in total. The number of ether oxygens (including phenoxy) is 1. The summed E-state index contributed by atoms with van der Waals surface area (Å²) < 4.78 is 19.2. The zero-order valence-electron chi connectivity index (χ0n) is 10.5. The molecule has 1 amide bonds. The Morgan fingerprint density at radius 1 is 1.35 bits per heavy atom. The van der Waals surface area contributed by atoms with Crippen LogP contribution < -0.4 is 0 Å². The van der Waals surface area contributed by atoms with Gasteiger partial charge in [-0.25, -0.2) is 9.18 Å². The maximum absolute atomic E-state index is 14.0. The molecule has 1 saturated carbocycles. The lowest BCUT2D eigenvalue weighted by atomic mass is 9.58. The fourth-order valence-corrected chi connectivity index (χ4v) is 2.79. The molecule has 0 unspecified atom stereocenters. The Morgan fingerprint density at radius 2 is 1.94 bits per heavy atom. The number of amides is 1. The molecule has 0 atom stereocenters. The van der Waals surface area contributed by atoms with Gasteiger partial charge in [0.25, 0.3) is 0 Å². The van der Waals surface area contributed by atoms with Gasteiger partial charge >= 0.3 is 6.09 Å². The van der Waals surface area contributed by atoms with Gasteiger partial charge in [0, 0.05) is 12.0 Å². The zero-order valence-corrected chi connectivity index (χ0v) is 10.5. The minimum absolute atomic E-state index is 0.0392. The van der Waals surface area contributed by atoms with Gasteiger partial charge in [-0.2, -0.15) is 0 Å². The Labute approximate surface area is 100 Å². The van der Waals surface area contributed by atoms with Gasteiger partial charge in [-0.1, -0.05) is 0 Å². The first-order valence-corrected chi connectivity index (χ1v) is 5.80. The molecule has 3 aliphatic rings. The van der Waals surface area contributed by atoms with E-state index in [1.807, 2.05) is 0 Å². The Morgan fingerprint density at radius 3 is 2.41 bits per heavy atom. The second-order valence-corrected chi connectivity index (χ2v) is 6.32. The fourth-order valence-electron chi connectivity index (χ4n) is 2.79. The van der Waals surface area contributed by atoms with E-state index in [-0.39, 0.29) is 25.9 Å². The predicted octanol–water partition coefficient (Wildman–Crippen LogP) is 1.92. The van der Waals surface area contributed by atoms with Crippen molar-refractivity contribution in [2.45, 2.75) is 44.9 Å². The van der Waals surface area contributed by atoms with Gasteiger partial charge in [-0.3, -0.25) is 0 Å². The van der Waals surface area contributed by atoms with Gasteiger partial charge in [0.1, 0.15) is 17.6 Å². The predicted molar refractivity (Wildman–Crippen MR) is 59.4 cm³/mol. The number of hydrogen-bond donors (Lipinski definition) is 0. The Hall–Kier alpha value is -1.13. The maximum Gasteiger partial charge on any atom is 0.410 e. The second kappa shape index (κ2) is 3.43. The summed E-state index contributed by atoms with van der Waals surface area (Å²) in [6.07, 6.45) is 0.720. The molecular formula is C12H18FNO3. The number of halogens is 1. The molecule has 96 valence electrons. The van der Waals surface area contributed by atoms with Crippen molar-refractivity contribution in [2.24, 2.45) is 5.41 Å². The van der Waals surface area contributed by atoms with E-state index in [1.165, 1.54) is 4.90 Å². The van der Waals surface area contributed by atoms with Crippen molar-refractivity contribution in [2.75, 3.05) is 13.1 Å². The summed E-state index contributed by atoms with van der Waals surface area (Å²) in [7, 11) is 0. The molecular weight excluding hydrogens is 225 g/mol. The highest BCUT2D eigenvalue weighted by molar-refractivity contribution is 5.72. The summed E-state index contributed by atoms with van der Waals surface area (Å²) in [5, 5.41) is 0. The molecule has 2 saturated heterocycles. The highest BCUT2D eigenvalue weighted by Gasteiger charge is 2.61. The van der Waals surface area contributed by atoms with Gasteiger partial charge in [-0.05, 0) is 33.6 Å². The van der Waals surface area contributed by atoms with Crippen LogP contribution in [0, 0.1) is 5.41 Å². The average molecular weight is 243 g/mol. The highest BCUT2D eigenvalue weighted by atomic mass is 19.1. The van der Waals surface area contributed by atoms with Gasteiger partial charge in [0.05, 0.1) is 6.54 Å². The smallest absolute Gasteiger partial charge is 0.410 e. The van der Waals surface area contributed by atoms with Crippen molar-refractivity contribution < 1.29 is 18.7 Å². The number of alkyl halides is 1. The molecule has 4 nitrogen and oxygen atoms in total. The van der Waals surface area contributed by atoms with E-state index >= 15 is 0 Å². The molecule has 0 aromatic heterocycles. The summed E-state index contributed by atoms with van der Waals surface area (Å²) >= 11 is 0. The lowest BCUT2D eigenvalue weighted by Crippen LogP contribution is -2.67. The minimum Gasteiger partial charge on any atom is -0.444 e. The maximum atomic E-state index is 14.0. The molecule has 17 heavy (non-hydrogen) atoms. The number of rotatable bonds is 1. The largest absolute Gasteiger partial charge is 0.444 e. The lowest BCUT2D eigenvalue weighted by molar-refractivity contribution is -0.157. The summed E-state index contributed by atoms with van der Waals surface area (Å²) in [6, 6.07) is 0. The number of fused-ring (bicyclic) bond motifs is 2. The number of carbonyl (C=O) groups is 2. The molecule has 2 bridgehead atoms. The van der Waals surface area contributed by atoms with Crippen LogP contribution >= 0.6 is 0 Å². The quantitative estimate of drug-likeness (QED) is 0.661. The lowest BCUT2D eigenvalue weighted by Gasteiger charge is -2.56. The highest BCUT2D eigenvalue weighted by Crippen LogP contribution is 2.54. The Bertz CT molecular complexity index is 355. The van der Waals surface area contributed by atoms with Crippen LogP contribution in [0.1, 0.15) is 33.6 Å². The van der Waals surface area contributed by atoms with Crippen molar-refractivity contribution in [1.29, 1.82) is 0 Å². The topological polar surface area (TPSA) is 46.6 Å². The van der Waals surface area contributed by atoms with Crippen LogP contribution in [0.5, 0.6) is 0 Å². The molecule has 0 radical (unpaired) electrons. The summed E-state index contributed by atoms with van der Waals surface area (Å²) in [6.45, 7) is 5.59. The van der Waals surface area contributed by atoms with Crippen molar-refractivity contribution in [3.8, 4) is 0 Å². The van der Waals surface area contributed by atoms with Crippen molar-refractivity contribution in [3.05, 3.63) is 0 Å². The van der Waals surface area contributed by atoms with Gasteiger partial charge in [-0.15, -0.1) is 0 Å². The first-order valence-electron chi connectivity index (χ1n) is 5.80. The van der Waals surface area contributed by atoms with Gasteiger partial charge < -0.3 is 14.4 Å². The molecule has 1 aliphatic carbocycles. The molecule has 0 aromatic rings. The number of nitrogens with zero attached hydrogens (tertiary/aromatic N) is 1. The summed E-state index contributed by atoms with van der Waals surface area (Å²) in [4.78, 5) is 24.1. The van der Waals surface area contributed by atoms with E-state index in [9.17, 15) is 14.0 Å². The van der Waals surface area contributed by atoms with Crippen LogP contribution in [0.25, 0.3) is 0 Å². The number of carbonyl (C=O) groups excluding carboxylic acids is 2. The fraction of sp³-hybridized carbons (Fsp3) is 0.833. The third kappa shape index (κ3) is 2.28. The van der Waals surface area contributed by atoms with Crippen molar-refractivity contribution in [1.82, 2.24) is 4.90 Å². The first kappa shape index (κ1) is 12.3. The second-order valence-electron chi connectivity index (χ2n) is 6.32. The SMILES string of the molecule is CC(C)(C)OC(=O)N1CC2(F)CC(C=O)(C1)C2. The van der Waals surface area contributed by atoms with Gasteiger partial charge in [0.2, 0.25) is 0 Å². The van der Waals surface area contributed by atoms with E-state index in [2.05, 4.69) is 0 Å². The zero-order chi connectivity index (χ0) is 12.9. The first-order chi connectivity index (χ1) is 7.67. The average Bonchev–Trinajstić information content (AvgIpc) is 2.12. The van der Waals surface area contributed by atoms with Crippen LogP contribution in [0.4, 0.5) is 9.18 Å². The van der Waals surface area contributed by atoms with E-state index in [1.54, 1.807) is 20.8 Å². The third-order valence-electron chi connectivity index (χ3n) is 3.22. The van der Waals surface area contributed by atoms with Crippen LogP contribution in [-0.4, -0.2) is 41.6 Å². The molecule has 0 spiro atoms. The number of aldehydes is 1. The van der Waals surface area contributed by atoms with E-state index in [4.69, 9.17) is 4.74 Å². The van der Waals surface area contributed by atoms with Crippen molar-refractivity contribution in [3.63, 3.8) is 0 Å².